The summed E-state index contributed by atoms with van der Waals surface area (Å²) < 4.78 is 4.92. The summed E-state index contributed by atoms with van der Waals surface area (Å²) >= 11 is 0. The number of rotatable bonds is 4. The van der Waals surface area contributed by atoms with Gasteiger partial charge in [-0.3, -0.25) is 14.6 Å². The van der Waals surface area contributed by atoms with Crippen LogP contribution in [0.25, 0.3) is 0 Å². The van der Waals surface area contributed by atoms with Crippen LogP contribution in [0.3, 0.4) is 0 Å². The van der Waals surface area contributed by atoms with Crippen LogP contribution >= 0.6 is 0 Å². The normalized spacial score (nSPS) is 22.6. The van der Waals surface area contributed by atoms with E-state index in [2.05, 4.69) is 16.8 Å². The third-order valence-electron chi connectivity index (χ3n) is 5.68. The highest BCUT2D eigenvalue weighted by atomic mass is 16.5. The number of fused-ring (bicyclic) bond motifs is 1. The average Bonchev–Trinajstić information content (AvgIpc) is 2.75. The molecule has 1 aromatic heterocycles. The van der Waals surface area contributed by atoms with E-state index in [9.17, 15) is 14.7 Å². The fourth-order valence-corrected chi connectivity index (χ4v) is 4.27. The van der Waals surface area contributed by atoms with Gasteiger partial charge in [0.15, 0.2) is 0 Å². The maximum atomic E-state index is 12.6. The Labute approximate surface area is 175 Å². The molecule has 3 heterocycles. The minimum atomic E-state index is -0.269. The number of carbonyl (C=O) groups excluding carboxylic acids is 2. The number of hydrogen-bond donors (Lipinski definition) is 1. The van der Waals surface area contributed by atoms with Crippen molar-refractivity contribution in [2.24, 2.45) is 0 Å². The van der Waals surface area contributed by atoms with Crippen LogP contribution in [0.1, 0.15) is 22.6 Å². The van der Waals surface area contributed by atoms with Crippen LogP contribution in [0.2, 0.25) is 0 Å². The van der Waals surface area contributed by atoms with Gasteiger partial charge in [-0.15, -0.1) is 0 Å². The third-order valence-corrected chi connectivity index (χ3v) is 5.68. The molecule has 2 fully saturated rings. The molecular weight excluding hydrogens is 382 g/mol. The van der Waals surface area contributed by atoms with Crippen LogP contribution in [0.15, 0.2) is 48.8 Å². The Kier molecular flexibility index (Phi) is 5.79. The second-order valence-corrected chi connectivity index (χ2v) is 7.47. The van der Waals surface area contributed by atoms with Crippen molar-refractivity contribution in [1.82, 2.24) is 14.8 Å². The molecule has 7 nitrogen and oxygen atoms in total. The molecule has 2 aromatic rings. The average molecular weight is 405 g/mol. The first-order chi connectivity index (χ1) is 14.6. The van der Waals surface area contributed by atoms with Gasteiger partial charge in [0.25, 0.3) is 0 Å². The summed E-state index contributed by atoms with van der Waals surface area (Å²) in [6.45, 7) is 0.322. The SMILES string of the molecule is COCC(=O)N1CC(=O)N2[C@H](CO)[C@@H](c3ccc(C#Cc4cccnc4)cc3)[C@@H]2C1. The van der Waals surface area contributed by atoms with E-state index in [0.29, 0.717) is 6.54 Å². The molecule has 154 valence electrons. The number of pyridine rings is 1. The van der Waals surface area contributed by atoms with E-state index in [0.717, 1.165) is 16.7 Å². The molecule has 0 saturated carbocycles. The number of hydrogen-bond acceptors (Lipinski definition) is 5. The molecule has 0 bridgehead atoms. The third kappa shape index (κ3) is 3.80. The first-order valence-corrected chi connectivity index (χ1v) is 9.83. The molecule has 0 unspecified atom stereocenters. The van der Waals surface area contributed by atoms with Gasteiger partial charge in [-0.1, -0.05) is 24.0 Å². The minimum Gasteiger partial charge on any atom is -0.394 e. The number of nitrogens with zero attached hydrogens (tertiary/aromatic N) is 3. The Morgan fingerprint density at radius 1 is 1.23 bits per heavy atom. The number of methoxy groups -OCH3 is 1. The van der Waals surface area contributed by atoms with Crippen LogP contribution in [0.5, 0.6) is 0 Å². The van der Waals surface area contributed by atoms with Crippen molar-refractivity contribution >= 4 is 11.8 Å². The summed E-state index contributed by atoms with van der Waals surface area (Å²) in [6, 6.07) is 11.2. The van der Waals surface area contributed by atoms with Gasteiger partial charge in [0.1, 0.15) is 6.61 Å². The highest BCUT2D eigenvalue weighted by Crippen LogP contribution is 2.42. The van der Waals surface area contributed by atoms with E-state index in [4.69, 9.17) is 4.74 Å². The Morgan fingerprint density at radius 3 is 2.67 bits per heavy atom. The van der Waals surface area contributed by atoms with Gasteiger partial charge in [-0.05, 0) is 29.8 Å². The van der Waals surface area contributed by atoms with Gasteiger partial charge in [-0.2, -0.15) is 0 Å². The molecule has 1 N–H and O–H groups in total. The molecule has 0 radical (unpaired) electrons. The Hall–Kier alpha value is -3.21. The van der Waals surface area contributed by atoms with Gasteiger partial charge in [0, 0.05) is 43.1 Å². The first-order valence-electron chi connectivity index (χ1n) is 9.83. The summed E-state index contributed by atoms with van der Waals surface area (Å²) in [5.74, 6) is 5.83. The van der Waals surface area contributed by atoms with Crippen LogP contribution in [0, 0.1) is 11.8 Å². The molecule has 0 aliphatic carbocycles. The molecule has 2 aliphatic heterocycles. The summed E-state index contributed by atoms with van der Waals surface area (Å²) in [5, 5.41) is 9.88. The minimum absolute atomic E-state index is 0.0302. The molecular formula is C23H23N3O4. The standard InChI is InChI=1S/C23H23N3O4/c1-30-15-22(29)25-12-19-23(20(14-27)26(19)21(28)13-25)18-8-6-16(7-9-18)4-5-17-3-2-10-24-11-17/h2-3,6-11,19-20,23,27H,12-15H2,1H3/t19-,20+,23-/m0/s1. The molecule has 0 spiro atoms. The van der Waals surface area contributed by atoms with Crippen LogP contribution < -0.4 is 0 Å². The van der Waals surface area contributed by atoms with Crippen molar-refractivity contribution in [1.29, 1.82) is 0 Å². The van der Waals surface area contributed by atoms with E-state index >= 15 is 0 Å². The number of piperazine rings is 1. The molecule has 3 atom stereocenters. The Balaban J connectivity index is 1.52. The smallest absolute Gasteiger partial charge is 0.249 e. The summed E-state index contributed by atoms with van der Waals surface area (Å²) in [4.78, 5) is 32.1. The first kappa shape index (κ1) is 20.1. The van der Waals surface area contributed by atoms with E-state index in [1.807, 2.05) is 36.4 Å². The number of ether oxygens (including phenoxy) is 1. The van der Waals surface area contributed by atoms with Gasteiger partial charge in [0.2, 0.25) is 11.8 Å². The zero-order valence-corrected chi connectivity index (χ0v) is 16.7. The van der Waals surface area contributed by atoms with Crippen molar-refractivity contribution in [2.45, 2.75) is 18.0 Å². The Bertz CT molecular complexity index is 981. The highest BCUT2D eigenvalue weighted by Gasteiger charge is 2.54. The van der Waals surface area contributed by atoms with Crippen molar-refractivity contribution in [3.8, 4) is 11.8 Å². The zero-order valence-electron chi connectivity index (χ0n) is 16.7. The maximum absolute atomic E-state index is 12.6. The van der Waals surface area contributed by atoms with Crippen LogP contribution in [-0.4, -0.2) is 77.2 Å². The maximum Gasteiger partial charge on any atom is 0.249 e. The van der Waals surface area contributed by atoms with Crippen molar-refractivity contribution in [3.05, 3.63) is 65.5 Å². The summed E-state index contributed by atoms with van der Waals surface area (Å²) in [7, 11) is 1.46. The second kappa shape index (κ2) is 8.66. The lowest BCUT2D eigenvalue weighted by Crippen LogP contribution is -2.73. The van der Waals surface area contributed by atoms with Crippen molar-refractivity contribution < 1.29 is 19.4 Å². The fourth-order valence-electron chi connectivity index (χ4n) is 4.27. The summed E-state index contributed by atoms with van der Waals surface area (Å²) in [5.41, 5.74) is 2.74. The van der Waals surface area contributed by atoms with Crippen LogP contribution in [-0.2, 0) is 14.3 Å². The number of aromatic nitrogens is 1. The summed E-state index contributed by atoms with van der Waals surface area (Å²) in [6.07, 6.45) is 3.42. The number of aliphatic hydroxyl groups excluding tert-OH is 1. The largest absolute Gasteiger partial charge is 0.394 e. The quantitative estimate of drug-likeness (QED) is 0.755. The van der Waals surface area contributed by atoms with E-state index < -0.39 is 0 Å². The van der Waals surface area contributed by atoms with Gasteiger partial charge >= 0.3 is 0 Å². The molecule has 2 aliphatic rings. The molecule has 7 heteroatoms. The Morgan fingerprint density at radius 2 is 2.00 bits per heavy atom. The predicted octanol–water partition coefficient (Wildman–Crippen LogP) is 0.625. The topological polar surface area (TPSA) is 83.0 Å². The van der Waals surface area contributed by atoms with Gasteiger partial charge < -0.3 is 19.6 Å². The lowest BCUT2D eigenvalue weighted by atomic mass is 9.73. The van der Waals surface area contributed by atoms with Crippen molar-refractivity contribution in [2.75, 3.05) is 33.4 Å². The molecule has 1 aromatic carbocycles. The van der Waals surface area contributed by atoms with E-state index in [-0.39, 0.29) is 49.6 Å². The lowest BCUT2D eigenvalue weighted by molar-refractivity contribution is -0.168. The monoisotopic (exact) mass is 405 g/mol. The number of amides is 2. The fraction of sp³-hybridized carbons (Fsp3) is 0.348. The number of benzene rings is 1. The second-order valence-electron chi connectivity index (χ2n) is 7.47. The van der Waals surface area contributed by atoms with Crippen LogP contribution in [0.4, 0.5) is 0 Å². The number of carbonyl (C=O) groups is 2. The molecule has 2 saturated heterocycles. The van der Waals surface area contributed by atoms with Crippen molar-refractivity contribution in [3.63, 3.8) is 0 Å². The van der Waals surface area contributed by atoms with Gasteiger partial charge in [0.05, 0.1) is 25.2 Å². The zero-order chi connectivity index (χ0) is 21.1. The number of aliphatic hydroxyl groups is 1. The van der Waals surface area contributed by atoms with Gasteiger partial charge in [-0.25, -0.2) is 0 Å². The van der Waals surface area contributed by atoms with E-state index in [1.54, 1.807) is 22.2 Å². The molecule has 30 heavy (non-hydrogen) atoms. The highest BCUT2D eigenvalue weighted by molar-refractivity contribution is 5.88. The molecule has 4 rings (SSSR count). The molecule has 2 amide bonds. The predicted molar refractivity (Wildman–Crippen MR) is 109 cm³/mol. The van der Waals surface area contributed by atoms with E-state index in [1.165, 1.54) is 7.11 Å². The lowest BCUT2D eigenvalue weighted by Gasteiger charge is -2.58.